The van der Waals surface area contributed by atoms with E-state index in [1.165, 1.54) is 0 Å². The van der Waals surface area contributed by atoms with Gasteiger partial charge in [-0.15, -0.1) is 0 Å². The minimum Gasteiger partial charge on any atom is -0.381 e. The van der Waals surface area contributed by atoms with Gasteiger partial charge in [-0.1, -0.05) is 6.92 Å². The molecule has 0 aromatic carbocycles. The quantitative estimate of drug-likeness (QED) is 0.639. The Morgan fingerprint density at radius 2 is 2.46 bits per heavy atom. The summed E-state index contributed by atoms with van der Waals surface area (Å²) in [4.78, 5) is 11.6. The van der Waals surface area contributed by atoms with Crippen LogP contribution >= 0.6 is 11.8 Å². The van der Waals surface area contributed by atoms with Gasteiger partial charge in [-0.3, -0.25) is 4.79 Å². The minimum absolute atomic E-state index is 0.193. The van der Waals surface area contributed by atoms with E-state index in [9.17, 15) is 4.79 Å². The molecular weight excluding hydrogens is 184 g/mol. The smallest absolute Gasteiger partial charge is 0.148 e. The van der Waals surface area contributed by atoms with Crippen LogP contribution in [0.4, 0.5) is 0 Å². The van der Waals surface area contributed by atoms with Gasteiger partial charge in [0.05, 0.1) is 12.4 Å². The second-order valence-electron chi connectivity index (χ2n) is 3.43. The molecule has 1 aliphatic heterocycles. The van der Waals surface area contributed by atoms with Crippen molar-refractivity contribution in [1.82, 2.24) is 0 Å². The fourth-order valence-electron chi connectivity index (χ4n) is 1.43. The van der Waals surface area contributed by atoms with Crippen LogP contribution < -0.4 is 0 Å². The van der Waals surface area contributed by atoms with Gasteiger partial charge in [0.2, 0.25) is 0 Å². The summed E-state index contributed by atoms with van der Waals surface area (Å²) in [6.07, 6.45) is 3.24. The van der Waals surface area contributed by atoms with Crippen molar-refractivity contribution < 1.29 is 9.53 Å². The fourth-order valence-corrected chi connectivity index (χ4v) is 2.30. The highest BCUT2D eigenvalue weighted by Crippen LogP contribution is 2.16. The zero-order valence-electron chi connectivity index (χ0n) is 8.25. The Morgan fingerprint density at radius 1 is 1.62 bits per heavy atom. The molecule has 1 aliphatic rings. The third kappa shape index (κ3) is 4.14. The summed E-state index contributed by atoms with van der Waals surface area (Å²) in [5.41, 5.74) is 0. The first-order valence-corrected chi connectivity index (χ1v) is 6.18. The standard InChI is InChI=1S/C10H18O2S/c1-2-6-13-8-10(11)9-4-3-5-12-7-9/h9H,2-8H2,1H3. The van der Waals surface area contributed by atoms with Crippen molar-refractivity contribution in [2.75, 3.05) is 24.7 Å². The molecule has 1 saturated heterocycles. The highest BCUT2D eigenvalue weighted by Gasteiger charge is 2.20. The van der Waals surface area contributed by atoms with Crippen molar-refractivity contribution in [2.24, 2.45) is 5.92 Å². The summed E-state index contributed by atoms with van der Waals surface area (Å²) in [5, 5.41) is 0. The highest BCUT2D eigenvalue weighted by molar-refractivity contribution is 7.99. The first kappa shape index (κ1) is 11.1. The average molecular weight is 202 g/mol. The molecule has 1 atom stereocenters. The topological polar surface area (TPSA) is 26.3 Å². The minimum atomic E-state index is 0.193. The Labute approximate surface area is 84.4 Å². The van der Waals surface area contributed by atoms with Gasteiger partial charge in [0.1, 0.15) is 5.78 Å². The van der Waals surface area contributed by atoms with Gasteiger partial charge in [-0.05, 0) is 25.0 Å². The predicted octanol–water partition coefficient (Wildman–Crippen LogP) is 2.13. The van der Waals surface area contributed by atoms with Gasteiger partial charge in [0.25, 0.3) is 0 Å². The van der Waals surface area contributed by atoms with Crippen LogP contribution in [0.15, 0.2) is 0 Å². The molecule has 1 unspecified atom stereocenters. The van der Waals surface area contributed by atoms with Crippen molar-refractivity contribution in [1.29, 1.82) is 0 Å². The normalized spacial score (nSPS) is 23.0. The van der Waals surface area contributed by atoms with Crippen LogP contribution in [-0.2, 0) is 9.53 Å². The number of carbonyl (C=O) groups is 1. The average Bonchev–Trinajstić information content (AvgIpc) is 2.19. The Morgan fingerprint density at radius 3 is 3.08 bits per heavy atom. The van der Waals surface area contributed by atoms with Gasteiger partial charge in [0, 0.05) is 12.5 Å². The lowest BCUT2D eigenvalue weighted by Crippen LogP contribution is -2.26. The second-order valence-corrected chi connectivity index (χ2v) is 4.54. The molecule has 3 heteroatoms. The van der Waals surface area contributed by atoms with E-state index in [-0.39, 0.29) is 5.92 Å². The molecule has 1 fully saturated rings. The number of hydrogen-bond donors (Lipinski definition) is 0. The number of ether oxygens (including phenoxy) is 1. The molecule has 0 saturated carbocycles. The Hall–Kier alpha value is -0.0200. The van der Waals surface area contributed by atoms with E-state index in [1.807, 2.05) is 0 Å². The number of Topliss-reactive ketones (excluding diaryl/α,β-unsaturated/α-hetero) is 1. The van der Waals surface area contributed by atoms with E-state index in [2.05, 4.69) is 6.92 Å². The molecule has 0 amide bonds. The lowest BCUT2D eigenvalue weighted by Gasteiger charge is -2.20. The first-order valence-electron chi connectivity index (χ1n) is 5.02. The predicted molar refractivity (Wildman–Crippen MR) is 56.2 cm³/mol. The Balaban J connectivity index is 2.13. The molecule has 1 heterocycles. The van der Waals surface area contributed by atoms with E-state index in [0.717, 1.165) is 31.6 Å². The molecule has 0 aromatic rings. The molecule has 0 bridgehead atoms. The van der Waals surface area contributed by atoms with Gasteiger partial charge < -0.3 is 4.74 Å². The summed E-state index contributed by atoms with van der Waals surface area (Å²) in [6.45, 7) is 3.64. The van der Waals surface area contributed by atoms with Gasteiger partial charge in [-0.25, -0.2) is 0 Å². The zero-order valence-corrected chi connectivity index (χ0v) is 9.07. The summed E-state index contributed by atoms with van der Waals surface area (Å²) in [7, 11) is 0. The van der Waals surface area contributed by atoms with E-state index >= 15 is 0 Å². The molecule has 13 heavy (non-hydrogen) atoms. The molecular formula is C10H18O2S. The van der Waals surface area contributed by atoms with Crippen LogP contribution in [0.5, 0.6) is 0 Å². The van der Waals surface area contributed by atoms with Crippen molar-refractivity contribution >= 4 is 17.5 Å². The first-order chi connectivity index (χ1) is 6.34. The van der Waals surface area contributed by atoms with Gasteiger partial charge in [-0.2, -0.15) is 11.8 Å². The Bertz CT molecular complexity index is 153. The molecule has 0 N–H and O–H groups in total. The number of ketones is 1. The lowest BCUT2D eigenvalue weighted by atomic mass is 9.99. The highest BCUT2D eigenvalue weighted by atomic mass is 32.2. The van der Waals surface area contributed by atoms with E-state index < -0.39 is 0 Å². The maximum Gasteiger partial charge on any atom is 0.148 e. The van der Waals surface area contributed by atoms with Gasteiger partial charge >= 0.3 is 0 Å². The largest absolute Gasteiger partial charge is 0.381 e. The number of hydrogen-bond acceptors (Lipinski definition) is 3. The van der Waals surface area contributed by atoms with Crippen molar-refractivity contribution in [2.45, 2.75) is 26.2 Å². The maximum atomic E-state index is 11.6. The molecule has 2 nitrogen and oxygen atoms in total. The van der Waals surface area contributed by atoms with Crippen molar-refractivity contribution in [3.63, 3.8) is 0 Å². The third-order valence-electron chi connectivity index (χ3n) is 2.21. The molecule has 76 valence electrons. The second kappa shape index (κ2) is 6.44. The van der Waals surface area contributed by atoms with Crippen LogP contribution in [0.2, 0.25) is 0 Å². The number of thioether (sulfide) groups is 1. The number of rotatable bonds is 5. The molecule has 0 aliphatic carbocycles. The lowest BCUT2D eigenvalue weighted by molar-refractivity contribution is -0.124. The van der Waals surface area contributed by atoms with Crippen LogP contribution in [-0.4, -0.2) is 30.5 Å². The maximum absolute atomic E-state index is 11.6. The van der Waals surface area contributed by atoms with Crippen molar-refractivity contribution in [3.8, 4) is 0 Å². The van der Waals surface area contributed by atoms with Crippen LogP contribution in [0.25, 0.3) is 0 Å². The van der Waals surface area contributed by atoms with Crippen molar-refractivity contribution in [3.05, 3.63) is 0 Å². The zero-order chi connectivity index (χ0) is 9.52. The molecule has 1 rings (SSSR count). The summed E-state index contributed by atoms with van der Waals surface area (Å²) < 4.78 is 5.28. The van der Waals surface area contributed by atoms with Crippen LogP contribution in [0.1, 0.15) is 26.2 Å². The van der Waals surface area contributed by atoms with E-state index in [1.54, 1.807) is 11.8 Å². The third-order valence-corrected chi connectivity index (χ3v) is 3.39. The van der Waals surface area contributed by atoms with E-state index in [0.29, 0.717) is 18.1 Å². The fraction of sp³-hybridized carbons (Fsp3) is 0.900. The molecule has 0 radical (unpaired) electrons. The summed E-state index contributed by atoms with van der Waals surface area (Å²) >= 11 is 1.75. The summed E-state index contributed by atoms with van der Waals surface area (Å²) in [5.74, 6) is 2.36. The Kier molecular flexibility index (Phi) is 5.47. The monoisotopic (exact) mass is 202 g/mol. The van der Waals surface area contributed by atoms with E-state index in [4.69, 9.17) is 4.74 Å². The SMILES string of the molecule is CCCSCC(=O)C1CCCOC1. The van der Waals surface area contributed by atoms with Gasteiger partial charge in [0.15, 0.2) is 0 Å². The molecule has 0 aromatic heterocycles. The van der Waals surface area contributed by atoms with Crippen LogP contribution in [0, 0.1) is 5.92 Å². The van der Waals surface area contributed by atoms with Crippen LogP contribution in [0.3, 0.4) is 0 Å². The number of carbonyl (C=O) groups excluding carboxylic acids is 1. The summed E-state index contributed by atoms with van der Waals surface area (Å²) in [6, 6.07) is 0. The molecule has 0 spiro atoms.